The number of ether oxygens (including phenoxy) is 1. The van der Waals surface area contributed by atoms with Gasteiger partial charge in [0.1, 0.15) is 12.3 Å². The zero-order valence-corrected chi connectivity index (χ0v) is 20.5. The molecule has 0 aromatic heterocycles. The number of unbranched alkanes of at least 4 members (excludes halogenated alkanes) is 1. The SMILES string of the molecule is CCCC[C@@H](CC)CNC(=O)CN(c1ccccc1OCC)S(=O)(=O)c1ccc(C)cc1. The average molecular weight is 461 g/mol. The molecule has 1 atom stereocenters. The summed E-state index contributed by atoms with van der Waals surface area (Å²) in [6.45, 7) is 8.61. The molecule has 0 spiro atoms. The number of para-hydroxylation sites is 2. The molecule has 0 saturated carbocycles. The number of rotatable bonds is 13. The van der Waals surface area contributed by atoms with E-state index in [2.05, 4.69) is 19.2 Å². The molecule has 2 aromatic carbocycles. The largest absolute Gasteiger partial charge is 0.492 e. The molecule has 176 valence electrons. The first-order valence-corrected chi connectivity index (χ1v) is 12.8. The first-order valence-electron chi connectivity index (χ1n) is 11.4. The lowest BCUT2D eigenvalue weighted by molar-refractivity contribution is -0.119. The third-order valence-corrected chi connectivity index (χ3v) is 7.24. The molecule has 0 aliphatic carbocycles. The van der Waals surface area contributed by atoms with Crippen LogP contribution in [0.2, 0.25) is 0 Å². The summed E-state index contributed by atoms with van der Waals surface area (Å²) in [6.07, 6.45) is 4.25. The van der Waals surface area contributed by atoms with E-state index in [4.69, 9.17) is 4.74 Å². The Hall–Kier alpha value is -2.54. The number of nitrogens with one attached hydrogen (secondary N) is 1. The number of sulfonamides is 1. The van der Waals surface area contributed by atoms with Crippen molar-refractivity contribution in [2.45, 2.75) is 58.3 Å². The molecule has 0 fully saturated rings. The van der Waals surface area contributed by atoms with Crippen molar-refractivity contribution in [3.05, 3.63) is 54.1 Å². The summed E-state index contributed by atoms with van der Waals surface area (Å²) >= 11 is 0. The molecule has 0 heterocycles. The van der Waals surface area contributed by atoms with Gasteiger partial charge < -0.3 is 10.1 Å². The van der Waals surface area contributed by atoms with Crippen LogP contribution in [0, 0.1) is 12.8 Å². The number of anilines is 1. The van der Waals surface area contributed by atoms with Gasteiger partial charge in [-0.25, -0.2) is 8.42 Å². The van der Waals surface area contributed by atoms with E-state index in [0.717, 1.165) is 35.6 Å². The van der Waals surface area contributed by atoms with Crippen LogP contribution < -0.4 is 14.4 Å². The van der Waals surface area contributed by atoms with Gasteiger partial charge in [-0.15, -0.1) is 0 Å². The Morgan fingerprint density at radius 2 is 1.75 bits per heavy atom. The quantitative estimate of drug-likeness (QED) is 0.460. The van der Waals surface area contributed by atoms with Gasteiger partial charge in [-0.3, -0.25) is 9.10 Å². The van der Waals surface area contributed by atoms with Crippen LogP contribution in [-0.2, 0) is 14.8 Å². The molecule has 0 bridgehead atoms. The summed E-state index contributed by atoms with van der Waals surface area (Å²) in [4.78, 5) is 13.0. The highest BCUT2D eigenvalue weighted by molar-refractivity contribution is 7.92. The van der Waals surface area contributed by atoms with Crippen LogP contribution in [0.4, 0.5) is 5.69 Å². The van der Waals surface area contributed by atoms with E-state index in [9.17, 15) is 13.2 Å². The Labute approximate surface area is 193 Å². The first-order chi connectivity index (χ1) is 15.3. The molecule has 1 amide bonds. The Morgan fingerprint density at radius 3 is 2.38 bits per heavy atom. The summed E-state index contributed by atoms with van der Waals surface area (Å²) in [6, 6.07) is 13.5. The number of benzene rings is 2. The molecule has 6 nitrogen and oxygen atoms in total. The van der Waals surface area contributed by atoms with E-state index in [-0.39, 0.29) is 17.3 Å². The van der Waals surface area contributed by atoms with Gasteiger partial charge in [-0.05, 0) is 50.5 Å². The van der Waals surface area contributed by atoms with Crippen molar-refractivity contribution in [1.29, 1.82) is 0 Å². The smallest absolute Gasteiger partial charge is 0.264 e. The zero-order valence-electron chi connectivity index (χ0n) is 19.6. The summed E-state index contributed by atoms with van der Waals surface area (Å²) in [5.41, 5.74) is 1.31. The third-order valence-electron chi connectivity index (χ3n) is 5.46. The van der Waals surface area contributed by atoms with E-state index < -0.39 is 10.0 Å². The van der Waals surface area contributed by atoms with Crippen molar-refractivity contribution in [1.82, 2.24) is 5.32 Å². The van der Waals surface area contributed by atoms with Crippen molar-refractivity contribution in [2.24, 2.45) is 5.92 Å². The Bertz CT molecular complexity index is 958. The van der Waals surface area contributed by atoms with E-state index in [1.165, 1.54) is 0 Å². The fraction of sp³-hybridized carbons (Fsp3) is 0.480. The van der Waals surface area contributed by atoms with Gasteiger partial charge in [-0.2, -0.15) is 0 Å². The van der Waals surface area contributed by atoms with Crippen LogP contribution in [0.15, 0.2) is 53.4 Å². The summed E-state index contributed by atoms with van der Waals surface area (Å²) in [5.74, 6) is 0.478. The molecule has 0 radical (unpaired) electrons. The number of carbonyl (C=O) groups is 1. The predicted molar refractivity (Wildman–Crippen MR) is 130 cm³/mol. The minimum atomic E-state index is -3.97. The second-order valence-corrected chi connectivity index (χ2v) is 9.81. The highest BCUT2D eigenvalue weighted by Gasteiger charge is 2.29. The summed E-state index contributed by atoms with van der Waals surface area (Å²) < 4.78 is 33.9. The molecule has 7 heteroatoms. The molecular weight excluding hydrogens is 424 g/mol. The topological polar surface area (TPSA) is 75.7 Å². The summed E-state index contributed by atoms with van der Waals surface area (Å²) in [5, 5.41) is 2.94. The Balaban J connectivity index is 2.33. The van der Waals surface area contributed by atoms with Gasteiger partial charge in [0, 0.05) is 6.54 Å². The van der Waals surface area contributed by atoms with Crippen molar-refractivity contribution in [3.63, 3.8) is 0 Å². The van der Waals surface area contributed by atoms with Crippen LogP contribution >= 0.6 is 0 Å². The number of amides is 1. The predicted octanol–water partition coefficient (Wildman–Crippen LogP) is 4.92. The molecule has 0 unspecified atom stereocenters. The zero-order chi connectivity index (χ0) is 23.6. The number of hydrogen-bond donors (Lipinski definition) is 1. The minimum absolute atomic E-state index is 0.136. The second kappa shape index (κ2) is 12.5. The van der Waals surface area contributed by atoms with Gasteiger partial charge in [0.25, 0.3) is 10.0 Å². The molecular formula is C25H36N2O4S. The highest BCUT2D eigenvalue weighted by atomic mass is 32.2. The fourth-order valence-corrected chi connectivity index (χ4v) is 4.90. The molecule has 2 rings (SSSR count). The lowest BCUT2D eigenvalue weighted by atomic mass is 9.99. The number of hydrogen-bond acceptors (Lipinski definition) is 4. The Morgan fingerprint density at radius 1 is 1.06 bits per heavy atom. The summed E-state index contributed by atoms with van der Waals surface area (Å²) in [7, 11) is -3.97. The number of aryl methyl sites for hydroxylation is 1. The fourth-order valence-electron chi connectivity index (χ4n) is 3.47. The van der Waals surface area contributed by atoms with E-state index >= 15 is 0 Å². The molecule has 1 N–H and O–H groups in total. The molecule has 32 heavy (non-hydrogen) atoms. The lowest BCUT2D eigenvalue weighted by Gasteiger charge is -2.26. The van der Waals surface area contributed by atoms with Crippen LogP contribution in [-0.4, -0.2) is 34.0 Å². The number of nitrogens with zero attached hydrogens (tertiary/aromatic N) is 1. The van der Waals surface area contributed by atoms with E-state index in [1.54, 1.807) is 48.5 Å². The standard InChI is InChI=1S/C25H36N2O4S/c1-5-8-11-21(6-2)18-26-25(28)19-27(23-12-9-10-13-24(23)31-7-3)32(29,30)22-16-14-20(4)15-17-22/h9-10,12-17,21H,5-8,11,18-19H2,1-4H3,(H,26,28)/t21-/m1/s1. The van der Waals surface area contributed by atoms with Crippen molar-refractivity contribution in [2.75, 3.05) is 24.0 Å². The second-order valence-electron chi connectivity index (χ2n) is 7.95. The van der Waals surface area contributed by atoms with Gasteiger partial charge in [0.05, 0.1) is 17.2 Å². The van der Waals surface area contributed by atoms with Crippen molar-refractivity contribution >= 4 is 21.6 Å². The minimum Gasteiger partial charge on any atom is -0.492 e. The van der Waals surface area contributed by atoms with E-state index in [1.807, 2.05) is 13.8 Å². The Kier molecular flexibility index (Phi) is 10.0. The first kappa shape index (κ1) is 25.7. The number of carbonyl (C=O) groups excluding carboxylic acids is 1. The van der Waals surface area contributed by atoms with E-state index in [0.29, 0.717) is 30.5 Å². The van der Waals surface area contributed by atoms with Crippen LogP contribution in [0.3, 0.4) is 0 Å². The normalized spacial score (nSPS) is 12.2. The monoisotopic (exact) mass is 460 g/mol. The van der Waals surface area contributed by atoms with Gasteiger partial charge in [0.15, 0.2) is 0 Å². The van der Waals surface area contributed by atoms with Gasteiger partial charge >= 0.3 is 0 Å². The lowest BCUT2D eigenvalue weighted by Crippen LogP contribution is -2.42. The van der Waals surface area contributed by atoms with Crippen LogP contribution in [0.1, 0.15) is 52.0 Å². The molecule has 0 aliphatic rings. The van der Waals surface area contributed by atoms with Gasteiger partial charge in [-0.1, -0.05) is 62.9 Å². The maximum absolute atomic E-state index is 13.6. The molecule has 0 saturated heterocycles. The average Bonchev–Trinajstić information content (AvgIpc) is 2.78. The van der Waals surface area contributed by atoms with Gasteiger partial charge in [0.2, 0.25) is 5.91 Å². The third kappa shape index (κ3) is 6.99. The van der Waals surface area contributed by atoms with Crippen molar-refractivity contribution < 1.29 is 17.9 Å². The maximum Gasteiger partial charge on any atom is 0.264 e. The highest BCUT2D eigenvalue weighted by Crippen LogP contribution is 2.32. The van der Waals surface area contributed by atoms with Crippen molar-refractivity contribution in [3.8, 4) is 5.75 Å². The molecule has 2 aromatic rings. The van der Waals surface area contributed by atoms with Crippen LogP contribution in [0.25, 0.3) is 0 Å². The van der Waals surface area contributed by atoms with Crippen LogP contribution in [0.5, 0.6) is 5.75 Å². The molecule has 0 aliphatic heterocycles. The maximum atomic E-state index is 13.6.